The van der Waals surface area contributed by atoms with E-state index >= 15 is 0 Å². The van der Waals surface area contributed by atoms with Crippen molar-refractivity contribution < 1.29 is 9.47 Å². The van der Waals surface area contributed by atoms with Crippen molar-refractivity contribution in [1.29, 1.82) is 10.5 Å². The van der Waals surface area contributed by atoms with Crippen molar-refractivity contribution in [3.8, 4) is 17.9 Å². The van der Waals surface area contributed by atoms with Crippen molar-refractivity contribution in [3.05, 3.63) is 76.5 Å². The van der Waals surface area contributed by atoms with Gasteiger partial charge in [0, 0.05) is 42.6 Å². The van der Waals surface area contributed by atoms with E-state index in [0.29, 0.717) is 22.9 Å². The number of nitriles is 2. The van der Waals surface area contributed by atoms with E-state index < -0.39 is 0 Å². The van der Waals surface area contributed by atoms with Crippen LogP contribution >= 0.6 is 0 Å². The Balaban J connectivity index is 1.97. The number of benzene rings is 1. The van der Waals surface area contributed by atoms with Gasteiger partial charge in [-0.1, -0.05) is 0 Å². The van der Waals surface area contributed by atoms with Gasteiger partial charge in [-0.3, -0.25) is 0 Å². The number of ether oxygens (including phenoxy) is 2. The van der Waals surface area contributed by atoms with Crippen molar-refractivity contribution >= 4 is 11.3 Å². The Labute approximate surface area is 165 Å². The first-order valence-electron chi connectivity index (χ1n) is 9.01. The lowest BCUT2D eigenvalue weighted by Gasteiger charge is -2.23. The van der Waals surface area contributed by atoms with Gasteiger partial charge in [-0.2, -0.15) is 10.5 Å². The van der Waals surface area contributed by atoms with Crippen LogP contribution in [-0.2, 0) is 4.74 Å². The zero-order valence-corrected chi connectivity index (χ0v) is 16.4. The maximum atomic E-state index is 9.12. The molecule has 2 heterocycles. The van der Waals surface area contributed by atoms with Gasteiger partial charge in [0.2, 0.25) is 0 Å². The van der Waals surface area contributed by atoms with Crippen LogP contribution < -0.4 is 9.64 Å². The molecule has 0 fully saturated rings. The van der Waals surface area contributed by atoms with E-state index in [4.69, 9.17) is 20.0 Å². The highest BCUT2D eigenvalue weighted by Gasteiger charge is 2.17. The Morgan fingerprint density at radius 2 is 1.86 bits per heavy atom. The number of anilines is 1. The molecule has 2 aliphatic heterocycles. The smallest absolute Gasteiger partial charge is 0.137 e. The number of rotatable bonds is 3. The molecule has 1 aromatic carbocycles. The van der Waals surface area contributed by atoms with Gasteiger partial charge < -0.3 is 14.4 Å². The van der Waals surface area contributed by atoms with Crippen LogP contribution in [0.2, 0.25) is 0 Å². The average Bonchev–Trinajstić information content (AvgIpc) is 2.67. The van der Waals surface area contributed by atoms with Gasteiger partial charge in [0.25, 0.3) is 0 Å². The molecule has 1 aromatic rings. The van der Waals surface area contributed by atoms with Crippen LogP contribution in [0.15, 0.2) is 70.9 Å². The quantitative estimate of drug-likeness (QED) is 0.701. The molecule has 0 amide bonds. The maximum absolute atomic E-state index is 9.12. The van der Waals surface area contributed by atoms with Crippen LogP contribution in [0, 0.1) is 22.7 Å². The van der Waals surface area contributed by atoms with Crippen LogP contribution in [-0.4, -0.2) is 13.6 Å². The fourth-order valence-corrected chi connectivity index (χ4v) is 3.03. The predicted molar refractivity (Wildman–Crippen MR) is 109 cm³/mol. The fourth-order valence-electron chi connectivity index (χ4n) is 3.03. The number of hydrogen-bond acceptors (Lipinski definition) is 5. The Morgan fingerprint density at radius 3 is 2.54 bits per heavy atom. The lowest BCUT2D eigenvalue weighted by atomic mass is 10.0. The number of nitrogens with zero attached hydrogens (tertiary/aromatic N) is 3. The minimum Gasteiger partial charge on any atom is -0.462 e. The lowest BCUT2D eigenvalue weighted by molar-refractivity contribution is 0.313. The zero-order valence-electron chi connectivity index (χ0n) is 16.4. The molecule has 0 saturated heterocycles. The lowest BCUT2D eigenvalue weighted by Crippen LogP contribution is -2.16. The van der Waals surface area contributed by atoms with Gasteiger partial charge >= 0.3 is 0 Å². The predicted octanol–water partition coefficient (Wildman–Crippen LogP) is 4.98. The molecule has 5 nitrogen and oxygen atoms in total. The summed E-state index contributed by atoms with van der Waals surface area (Å²) >= 11 is 0. The molecule has 2 aliphatic rings. The Hall–Kier alpha value is -3.70. The fraction of sp³-hybridized carbons (Fsp3) is 0.217. The van der Waals surface area contributed by atoms with Crippen molar-refractivity contribution in [2.75, 3.05) is 18.5 Å². The molecule has 5 heteroatoms. The highest BCUT2D eigenvalue weighted by atomic mass is 16.5. The second-order valence-electron chi connectivity index (χ2n) is 6.63. The third kappa shape index (κ3) is 3.84. The highest BCUT2D eigenvalue weighted by Crippen LogP contribution is 2.36. The second kappa shape index (κ2) is 7.90. The Bertz CT molecular complexity index is 1040. The van der Waals surface area contributed by atoms with E-state index in [0.717, 1.165) is 29.1 Å². The summed E-state index contributed by atoms with van der Waals surface area (Å²) in [5.41, 5.74) is 3.81. The van der Waals surface area contributed by atoms with Crippen molar-refractivity contribution in [2.45, 2.75) is 20.8 Å². The van der Waals surface area contributed by atoms with Gasteiger partial charge in [0.15, 0.2) is 0 Å². The normalized spacial score (nSPS) is 16.4. The maximum Gasteiger partial charge on any atom is 0.137 e. The van der Waals surface area contributed by atoms with Crippen LogP contribution in [0.3, 0.4) is 0 Å². The molecule has 0 saturated carbocycles. The second-order valence-corrected chi connectivity index (χ2v) is 6.63. The largest absolute Gasteiger partial charge is 0.462 e. The molecule has 0 spiro atoms. The average molecular weight is 371 g/mol. The summed E-state index contributed by atoms with van der Waals surface area (Å²) < 4.78 is 11.8. The summed E-state index contributed by atoms with van der Waals surface area (Å²) in [5.74, 6) is 2.55. The van der Waals surface area contributed by atoms with E-state index in [1.54, 1.807) is 25.2 Å². The summed E-state index contributed by atoms with van der Waals surface area (Å²) in [6.07, 6.45) is 7.06. The summed E-state index contributed by atoms with van der Waals surface area (Å²) in [4.78, 5) is 2.14. The summed E-state index contributed by atoms with van der Waals surface area (Å²) in [7, 11) is 2.04. The summed E-state index contributed by atoms with van der Waals surface area (Å²) in [6.45, 7) is 6.82. The van der Waals surface area contributed by atoms with Crippen molar-refractivity contribution in [2.24, 2.45) is 0 Å². The molecular weight excluding hydrogens is 350 g/mol. The van der Waals surface area contributed by atoms with Gasteiger partial charge in [-0.15, -0.1) is 0 Å². The molecule has 0 radical (unpaired) electrons. The minimum atomic E-state index is 0.0485. The molecule has 0 N–H and O–H groups in total. The molecule has 0 aromatic heterocycles. The van der Waals surface area contributed by atoms with Gasteiger partial charge in [-0.25, -0.2) is 0 Å². The number of fused-ring (bicyclic) bond motifs is 1. The number of allylic oxidation sites excluding steroid dienone is 8. The van der Waals surface area contributed by atoms with Gasteiger partial charge in [0.1, 0.15) is 40.7 Å². The Morgan fingerprint density at radius 1 is 1.11 bits per heavy atom. The van der Waals surface area contributed by atoms with Crippen LogP contribution in [0.1, 0.15) is 26.3 Å². The molecular formula is C23H21N3O2. The monoisotopic (exact) mass is 371 g/mol. The standard InChI is InChI=1S/C23H21N3O2/c1-5-26(4)19-6-7-22-15(2)8-20(28-23(22)11-19)12-21-10-17(9-16(3)27-21)18(13-24)14-25/h6-12H,5H2,1-4H3/b20-12+. The summed E-state index contributed by atoms with van der Waals surface area (Å²) in [5, 5.41) is 18.2. The van der Waals surface area contributed by atoms with Crippen LogP contribution in [0.5, 0.6) is 5.75 Å². The molecule has 0 aliphatic carbocycles. The zero-order chi connectivity index (χ0) is 20.3. The first-order valence-corrected chi connectivity index (χ1v) is 9.01. The Kier molecular flexibility index (Phi) is 5.38. The third-order valence-electron chi connectivity index (χ3n) is 4.62. The summed E-state index contributed by atoms with van der Waals surface area (Å²) in [6, 6.07) is 10.0. The van der Waals surface area contributed by atoms with Crippen LogP contribution in [0.25, 0.3) is 5.57 Å². The molecule has 0 atom stereocenters. The number of hydrogen-bond donors (Lipinski definition) is 0. The van der Waals surface area contributed by atoms with E-state index in [1.807, 2.05) is 38.3 Å². The van der Waals surface area contributed by atoms with Gasteiger partial charge in [0.05, 0.1) is 0 Å². The highest BCUT2D eigenvalue weighted by molar-refractivity contribution is 5.76. The van der Waals surface area contributed by atoms with E-state index in [-0.39, 0.29) is 5.57 Å². The van der Waals surface area contributed by atoms with E-state index in [9.17, 15) is 0 Å². The van der Waals surface area contributed by atoms with Crippen LogP contribution in [0.4, 0.5) is 5.69 Å². The first kappa shape index (κ1) is 19.1. The minimum absolute atomic E-state index is 0.0485. The molecule has 3 rings (SSSR count). The van der Waals surface area contributed by atoms with E-state index in [1.165, 1.54) is 0 Å². The SMILES string of the molecule is CCN(C)c1ccc2c(c1)O/C(=C/C1=CC(=C(C#N)C#N)C=C(C)O1)C=C2C. The van der Waals surface area contributed by atoms with Gasteiger partial charge in [-0.05, 0) is 56.7 Å². The first-order chi connectivity index (χ1) is 13.4. The molecule has 0 unspecified atom stereocenters. The molecule has 140 valence electrons. The topological polar surface area (TPSA) is 69.3 Å². The third-order valence-corrected chi connectivity index (χ3v) is 4.62. The van der Waals surface area contributed by atoms with E-state index in [2.05, 4.69) is 24.0 Å². The molecule has 0 bridgehead atoms. The molecule has 28 heavy (non-hydrogen) atoms. The van der Waals surface area contributed by atoms with Crippen molar-refractivity contribution in [1.82, 2.24) is 0 Å². The van der Waals surface area contributed by atoms with Crippen molar-refractivity contribution in [3.63, 3.8) is 0 Å².